The van der Waals surface area contributed by atoms with Gasteiger partial charge in [-0.1, -0.05) is 6.07 Å². The van der Waals surface area contributed by atoms with Crippen LogP contribution in [0.15, 0.2) is 41.8 Å². The zero-order chi connectivity index (χ0) is 9.15. The van der Waals surface area contributed by atoms with Crippen LogP contribution in [-0.2, 0) is 3.67 Å². The summed E-state index contributed by atoms with van der Waals surface area (Å²) in [7, 11) is 0. The maximum absolute atomic E-state index is 4.36. The van der Waals surface area contributed by atoms with E-state index in [9.17, 15) is 0 Å². The van der Waals surface area contributed by atoms with Crippen LogP contribution in [0.2, 0.25) is 0 Å². The Bertz CT molecular complexity index is 347. The maximum atomic E-state index is 4.36. The second-order valence-corrected chi connectivity index (χ2v) is 4.21. The number of aliphatic imine (C=N–C) groups is 1. The van der Waals surface area contributed by atoms with Crippen LogP contribution in [0.25, 0.3) is 0 Å². The normalized spacial score (nSPS) is 25.6. The molecule has 1 unspecified atom stereocenters. The highest BCUT2D eigenvalue weighted by atomic mass is 127. The fourth-order valence-corrected chi connectivity index (χ4v) is 1.76. The Morgan fingerprint density at radius 2 is 2.38 bits per heavy atom. The molecule has 66 valence electrons. The van der Waals surface area contributed by atoms with Crippen LogP contribution in [-0.4, -0.2) is 11.2 Å². The molecular formula is C9H8IN3. The Labute approximate surface area is 90.1 Å². The average Bonchev–Trinajstić information content (AvgIpc) is 2.20. The van der Waals surface area contributed by atoms with Crippen molar-refractivity contribution in [1.82, 2.24) is 10.3 Å². The van der Waals surface area contributed by atoms with Crippen molar-refractivity contribution in [3.8, 4) is 0 Å². The van der Waals surface area contributed by atoms with E-state index in [1.54, 1.807) is 12.4 Å². The van der Waals surface area contributed by atoms with Crippen molar-refractivity contribution in [2.45, 2.75) is 3.67 Å². The lowest BCUT2D eigenvalue weighted by Crippen LogP contribution is -2.32. The molecule has 1 atom stereocenters. The summed E-state index contributed by atoms with van der Waals surface area (Å²) in [6, 6.07) is 3.91. The molecule has 2 rings (SSSR count). The van der Waals surface area contributed by atoms with Crippen LogP contribution < -0.4 is 5.32 Å². The highest BCUT2D eigenvalue weighted by molar-refractivity contribution is 14.1. The molecule has 0 radical (unpaired) electrons. The number of nitrogens with zero attached hydrogens (tertiary/aromatic N) is 2. The van der Waals surface area contributed by atoms with Gasteiger partial charge in [0.25, 0.3) is 0 Å². The first-order chi connectivity index (χ1) is 6.31. The van der Waals surface area contributed by atoms with Gasteiger partial charge in [0.1, 0.15) is 0 Å². The fraction of sp³-hybridized carbons (Fsp3) is 0.111. The number of halogens is 1. The first-order valence-electron chi connectivity index (χ1n) is 3.89. The molecular weight excluding hydrogens is 277 g/mol. The number of pyridine rings is 1. The number of alkyl halides is 1. The number of hydrogen-bond donors (Lipinski definition) is 1. The van der Waals surface area contributed by atoms with Gasteiger partial charge in [0.05, 0.1) is 0 Å². The first-order valence-corrected chi connectivity index (χ1v) is 4.97. The molecule has 0 saturated carbocycles. The predicted molar refractivity (Wildman–Crippen MR) is 60.7 cm³/mol. The molecule has 1 aliphatic rings. The number of aromatic nitrogens is 1. The minimum atomic E-state index is -0.388. The van der Waals surface area contributed by atoms with Crippen molar-refractivity contribution in [2.24, 2.45) is 4.99 Å². The largest absolute Gasteiger partial charge is 0.355 e. The molecule has 0 amide bonds. The van der Waals surface area contributed by atoms with E-state index in [0.717, 1.165) is 5.56 Å². The average molecular weight is 285 g/mol. The van der Waals surface area contributed by atoms with E-state index in [1.807, 2.05) is 30.6 Å². The summed E-state index contributed by atoms with van der Waals surface area (Å²) in [5.74, 6) is 0. The van der Waals surface area contributed by atoms with Crippen LogP contribution in [0, 0.1) is 0 Å². The third-order valence-electron chi connectivity index (χ3n) is 1.75. The summed E-state index contributed by atoms with van der Waals surface area (Å²) in [4.78, 5) is 8.42. The quantitative estimate of drug-likeness (QED) is 0.485. The van der Waals surface area contributed by atoms with Gasteiger partial charge in [-0.3, -0.25) is 9.98 Å². The monoisotopic (exact) mass is 285 g/mol. The van der Waals surface area contributed by atoms with Gasteiger partial charge in [-0.2, -0.15) is 0 Å². The molecule has 1 aliphatic heterocycles. The maximum Gasteiger partial charge on any atom is 0.208 e. The molecule has 1 aromatic rings. The highest BCUT2D eigenvalue weighted by Gasteiger charge is 2.26. The molecule has 0 spiro atoms. The second kappa shape index (κ2) is 3.45. The second-order valence-electron chi connectivity index (χ2n) is 2.65. The van der Waals surface area contributed by atoms with Crippen molar-refractivity contribution in [3.05, 3.63) is 42.4 Å². The molecule has 0 aliphatic carbocycles. The van der Waals surface area contributed by atoms with Gasteiger partial charge in [-0.25, -0.2) is 0 Å². The number of allylic oxidation sites excluding steroid dienone is 1. The minimum Gasteiger partial charge on any atom is -0.355 e. The van der Waals surface area contributed by atoms with Gasteiger partial charge in [0.15, 0.2) is 0 Å². The van der Waals surface area contributed by atoms with Gasteiger partial charge in [0.2, 0.25) is 3.67 Å². The molecule has 0 aromatic carbocycles. The van der Waals surface area contributed by atoms with Crippen molar-refractivity contribution in [2.75, 3.05) is 0 Å². The Morgan fingerprint density at radius 1 is 1.46 bits per heavy atom. The molecule has 2 heterocycles. The van der Waals surface area contributed by atoms with Crippen LogP contribution in [0.4, 0.5) is 0 Å². The number of hydrogen-bond acceptors (Lipinski definition) is 3. The molecule has 0 bridgehead atoms. The molecule has 13 heavy (non-hydrogen) atoms. The third-order valence-corrected chi connectivity index (χ3v) is 2.97. The predicted octanol–water partition coefficient (Wildman–Crippen LogP) is 1.81. The van der Waals surface area contributed by atoms with Crippen molar-refractivity contribution in [3.63, 3.8) is 0 Å². The highest BCUT2D eigenvalue weighted by Crippen LogP contribution is 2.30. The van der Waals surface area contributed by atoms with Crippen LogP contribution in [0.1, 0.15) is 5.56 Å². The van der Waals surface area contributed by atoms with E-state index in [0.29, 0.717) is 0 Å². The molecule has 1 aromatic heterocycles. The summed E-state index contributed by atoms with van der Waals surface area (Å²) in [6.45, 7) is 0. The van der Waals surface area contributed by atoms with Crippen molar-refractivity contribution < 1.29 is 0 Å². The summed E-state index contributed by atoms with van der Waals surface area (Å²) in [6.07, 6.45) is 9.11. The van der Waals surface area contributed by atoms with E-state index < -0.39 is 0 Å². The van der Waals surface area contributed by atoms with Crippen LogP contribution in [0.3, 0.4) is 0 Å². The van der Waals surface area contributed by atoms with Gasteiger partial charge < -0.3 is 5.32 Å². The van der Waals surface area contributed by atoms with E-state index in [1.165, 1.54) is 0 Å². The van der Waals surface area contributed by atoms with E-state index >= 15 is 0 Å². The van der Waals surface area contributed by atoms with Gasteiger partial charge in [-0.15, -0.1) is 0 Å². The summed E-state index contributed by atoms with van der Waals surface area (Å²) in [5.41, 5.74) is 1.05. The lowest BCUT2D eigenvalue weighted by atomic mass is 10.2. The lowest BCUT2D eigenvalue weighted by Gasteiger charge is -2.25. The number of nitrogens with one attached hydrogen (secondary N) is 1. The van der Waals surface area contributed by atoms with Gasteiger partial charge >= 0.3 is 0 Å². The Balaban J connectivity index is 2.35. The molecule has 4 heteroatoms. The Kier molecular flexibility index (Phi) is 2.30. The zero-order valence-corrected chi connectivity index (χ0v) is 8.97. The molecule has 3 nitrogen and oxygen atoms in total. The van der Waals surface area contributed by atoms with Gasteiger partial charge in [0, 0.05) is 30.4 Å². The number of rotatable bonds is 1. The zero-order valence-electron chi connectivity index (χ0n) is 6.81. The van der Waals surface area contributed by atoms with E-state index in [2.05, 4.69) is 37.9 Å². The van der Waals surface area contributed by atoms with E-state index in [4.69, 9.17) is 0 Å². The van der Waals surface area contributed by atoms with Crippen LogP contribution in [0.5, 0.6) is 0 Å². The molecule has 1 N–H and O–H groups in total. The minimum absolute atomic E-state index is 0.388. The standard InChI is InChI=1S/C9H8IN3/c10-9(12-5-2-6-13-9)8-3-1-4-11-7-8/h1-7,12H. The van der Waals surface area contributed by atoms with E-state index in [-0.39, 0.29) is 3.67 Å². The molecule has 0 fully saturated rings. The molecule has 0 saturated heterocycles. The summed E-state index contributed by atoms with van der Waals surface area (Å²) < 4.78 is -0.388. The van der Waals surface area contributed by atoms with Crippen LogP contribution >= 0.6 is 22.6 Å². The Hall–Kier alpha value is -0.910. The Morgan fingerprint density at radius 3 is 3.00 bits per heavy atom. The third kappa shape index (κ3) is 1.72. The summed E-state index contributed by atoms with van der Waals surface area (Å²) >= 11 is 2.26. The van der Waals surface area contributed by atoms with Crippen molar-refractivity contribution in [1.29, 1.82) is 0 Å². The topological polar surface area (TPSA) is 37.3 Å². The van der Waals surface area contributed by atoms with Gasteiger partial charge in [-0.05, 0) is 34.7 Å². The first kappa shape index (κ1) is 8.68. The lowest BCUT2D eigenvalue weighted by molar-refractivity contribution is 0.618. The fourth-order valence-electron chi connectivity index (χ4n) is 1.10. The SMILES string of the molecule is IC1(c2cccnc2)N=CC=CN1. The van der Waals surface area contributed by atoms with Crippen molar-refractivity contribution >= 4 is 28.8 Å². The smallest absolute Gasteiger partial charge is 0.208 e. The summed E-state index contributed by atoms with van der Waals surface area (Å²) in [5, 5.41) is 3.18.